The van der Waals surface area contributed by atoms with Crippen LogP contribution in [0.15, 0.2) is 103 Å². The van der Waals surface area contributed by atoms with Crippen molar-refractivity contribution in [2.45, 2.75) is 51.0 Å². The Morgan fingerprint density at radius 2 is 1.55 bits per heavy atom. The molecule has 1 heterocycles. The summed E-state index contributed by atoms with van der Waals surface area (Å²) in [7, 11) is 1.31. The minimum absolute atomic E-state index is 0.0185. The van der Waals surface area contributed by atoms with E-state index in [1.54, 1.807) is 11.8 Å². The predicted octanol–water partition coefficient (Wildman–Crippen LogP) is 5.95. The van der Waals surface area contributed by atoms with Gasteiger partial charge in [0.05, 0.1) is 32.5 Å². The van der Waals surface area contributed by atoms with Gasteiger partial charge in [-0.2, -0.15) is 11.8 Å². The van der Waals surface area contributed by atoms with Crippen LogP contribution >= 0.6 is 11.8 Å². The number of hydrogen-bond acceptors (Lipinski definition) is 8. The number of hydrogen-bond donors (Lipinski definition) is 4. The molecule has 10 heteroatoms. The van der Waals surface area contributed by atoms with Crippen molar-refractivity contribution in [3.05, 3.63) is 131 Å². The lowest BCUT2D eigenvalue weighted by Gasteiger charge is -2.41. The van der Waals surface area contributed by atoms with E-state index in [0.717, 1.165) is 44.7 Å². The van der Waals surface area contributed by atoms with Gasteiger partial charge in [0.15, 0.2) is 6.29 Å². The molecule has 0 saturated carbocycles. The molecular formula is C39H44N2O7S. The zero-order valence-electron chi connectivity index (χ0n) is 27.8. The summed E-state index contributed by atoms with van der Waals surface area (Å²) in [5.74, 6) is 0.910. The Morgan fingerprint density at radius 1 is 0.837 bits per heavy atom. The molecule has 1 aliphatic heterocycles. The van der Waals surface area contributed by atoms with Crippen LogP contribution in [0.2, 0.25) is 0 Å². The van der Waals surface area contributed by atoms with E-state index in [9.17, 15) is 19.8 Å². The first-order valence-corrected chi connectivity index (χ1v) is 17.6. The number of aliphatic hydroxyl groups excluding tert-OH is 2. The number of benzene rings is 4. The van der Waals surface area contributed by atoms with Crippen LogP contribution in [0.3, 0.4) is 0 Å². The minimum atomic E-state index is -0.818. The molecule has 4 N–H and O–H groups in total. The van der Waals surface area contributed by atoms with Crippen LogP contribution in [-0.4, -0.2) is 59.6 Å². The molecule has 49 heavy (non-hydrogen) atoms. The lowest BCUT2D eigenvalue weighted by molar-refractivity contribution is -0.268. The van der Waals surface area contributed by atoms with Gasteiger partial charge in [-0.15, -0.1) is 0 Å². The standard InChI is InChI=1S/C39H44N2O7S/c1-26-35(25-49-19-18-42)47-38(48-36(26)30-16-14-28(24-43)15-17-30)33-13-7-12-32(22-33)31-11-6-10-29(20-31)23-40-39(45)41-34(37(44)46-2)21-27-8-4-3-5-9-27/h3-17,20,22,26,34-36,38,42-43H,18-19,21,23-25H2,1-2H3,(H2,40,41,45)/t26-,34-,35+,36+,38+/m0/s1. The zero-order valence-corrected chi connectivity index (χ0v) is 28.6. The summed E-state index contributed by atoms with van der Waals surface area (Å²) in [5.41, 5.74) is 6.49. The highest BCUT2D eigenvalue weighted by Gasteiger charge is 2.38. The van der Waals surface area contributed by atoms with Gasteiger partial charge in [-0.1, -0.05) is 97.9 Å². The van der Waals surface area contributed by atoms with E-state index in [1.165, 1.54) is 7.11 Å². The molecule has 0 unspecified atom stereocenters. The topological polar surface area (TPSA) is 126 Å². The highest BCUT2D eigenvalue weighted by molar-refractivity contribution is 7.99. The first-order chi connectivity index (χ1) is 23.9. The van der Waals surface area contributed by atoms with E-state index in [2.05, 4.69) is 23.6 Å². The summed E-state index contributed by atoms with van der Waals surface area (Å²) in [4.78, 5) is 25.2. The third-order valence-electron chi connectivity index (χ3n) is 8.59. The molecule has 4 aromatic carbocycles. The van der Waals surface area contributed by atoms with Gasteiger partial charge in [-0.05, 0) is 45.5 Å². The van der Waals surface area contributed by atoms with Crippen LogP contribution in [0, 0.1) is 5.92 Å². The maximum absolute atomic E-state index is 12.8. The van der Waals surface area contributed by atoms with Crippen LogP contribution in [0.25, 0.3) is 11.1 Å². The lowest BCUT2D eigenvalue weighted by Crippen LogP contribution is -2.47. The van der Waals surface area contributed by atoms with Crippen molar-refractivity contribution in [3.8, 4) is 11.1 Å². The first-order valence-electron chi connectivity index (χ1n) is 16.4. The van der Waals surface area contributed by atoms with Crippen molar-refractivity contribution in [2.24, 2.45) is 5.92 Å². The van der Waals surface area contributed by atoms with Crippen LogP contribution in [0.5, 0.6) is 0 Å². The maximum Gasteiger partial charge on any atom is 0.328 e. The predicted molar refractivity (Wildman–Crippen MR) is 191 cm³/mol. The van der Waals surface area contributed by atoms with E-state index in [1.807, 2.05) is 97.1 Å². The lowest BCUT2D eigenvalue weighted by atomic mass is 9.91. The van der Waals surface area contributed by atoms with Gasteiger partial charge >= 0.3 is 12.0 Å². The number of urea groups is 1. The normalized spacial score (nSPS) is 19.5. The molecule has 1 saturated heterocycles. The van der Waals surface area contributed by atoms with E-state index >= 15 is 0 Å². The van der Waals surface area contributed by atoms with E-state index in [-0.39, 0.29) is 37.9 Å². The largest absolute Gasteiger partial charge is 0.467 e. The van der Waals surface area contributed by atoms with Gasteiger partial charge in [0.2, 0.25) is 0 Å². The molecule has 0 spiro atoms. The van der Waals surface area contributed by atoms with E-state index < -0.39 is 24.3 Å². The van der Waals surface area contributed by atoms with Crippen molar-refractivity contribution in [3.63, 3.8) is 0 Å². The molecule has 4 aromatic rings. The number of methoxy groups -OCH3 is 1. The number of nitrogens with one attached hydrogen (secondary N) is 2. The van der Waals surface area contributed by atoms with Gasteiger partial charge in [-0.25, -0.2) is 9.59 Å². The smallest absolute Gasteiger partial charge is 0.328 e. The zero-order chi connectivity index (χ0) is 34.6. The molecule has 0 radical (unpaired) electrons. The number of esters is 1. The highest BCUT2D eigenvalue weighted by Crippen LogP contribution is 2.43. The highest BCUT2D eigenvalue weighted by atomic mass is 32.2. The van der Waals surface area contributed by atoms with Crippen molar-refractivity contribution in [1.29, 1.82) is 0 Å². The molecule has 0 aromatic heterocycles. The Balaban J connectivity index is 1.28. The molecule has 5 rings (SSSR count). The Kier molecular flexibility index (Phi) is 13.3. The molecule has 1 fully saturated rings. The molecule has 1 aliphatic rings. The SMILES string of the molecule is COC(=O)[C@H](Cc1ccccc1)NC(=O)NCc1cccc(-c2cccc([C@@H]3O[C@H](CSCCO)[C@H](C)[C@H](c4ccc(CO)cc4)O3)c2)c1. The quantitative estimate of drug-likeness (QED) is 0.0950. The molecule has 5 atom stereocenters. The summed E-state index contributed by atoms with van der Waals surface area (Å²) in [6, 6.07) is 32.0. The molecule has 0 bridgehead atoms. The molecule has 0 aliphatic carbocycles. The summed E-state index contributed by atoms with van der Waals surface area (Å²) < 4.78 is 18.1. The van der Waals surface area contributed by atoms with Crippen LogP contribution in [0.1, 0.15) is 47.1 Å². The van der Waals surface area contributed by atoms with Gasteiger partial charge in [0, 0.05) is 36.0 Å². The van der Waals surface area contributed by atoms with Crippen molar-refractivity contribution < 1.29 is 34.0 Å². The third kappa shape index (κ3) is 9.93. The van der Waals surface area contributed by atoms with Crippen molar-refractivity contribution in [1.82, 2.24) is 10.6 Å². The monoisotopic (exact) mass is 684 g/mol. The Morgan fingerprint density at radius 3 is 2.27 bits per heavy atom. The van der Waals surface area contributed by atoms with Crippen LogP contribution in [-0.2, 0) is 38.6 Å². The van der Waals surface area contributed by atoms with Gasteiger partial charge in [-0.3, -0.25) is 0 Å². The number of aliphatic hydroxyl groups is 2. The number of carbonyl (C=O) groups excluding carboxylic acids is 2. The number of rotatable bonds is 14. The van der Waals surface area contributed by atoms with Crippen LogP contribution < -0.4 is 10.6 Å². The van der Waals surface area contributed by atoms with Gasteiger partial charge in [0.25, 0.3) is 0 Å². The summed E-state index contributed by atoms with van der Waals surface area (Å²) in [5, 5.41) is 24.5. The van der Waals surface area contributed by atoms with Gasteiger partial charge in [0.1, 0.15) is 6.04 Å². The average molecular weight is 685 g/mol. The molecular weight excluding hydrogens is 641 g/mol. The third-order valence-corrected chi connectivity index (χ3v) is 9.62. The second-order valence-corrected chi connectivity index (χ2v) is 13.2. The Labute approximate surface area is 292 Å². The first kappa shape index (κ1) is 36.1. The molecule has 258 valence electrons. The summed E-state index contributed by atoms with van der Waals surface area (Å²) in [6.45, 7) is 2.48. The molecule has 9 nitrogen and oxygen atoms in total. The second-order valence-electron chi connectivity index (χ2n) is 12.0. The number of ether oxygens (including phenoxy) is 3. The molecule has 2 amide bonds. The van der Waals surface area contributed by atoms with E-state index in [0.29, 0.717) is 12.2 Å². The number of amides is 2. The fraction of sp³-hybridized carbons (Fsp3) is 0.333. The minimum Gasteiger partial charge on any atom is -0.467 e. The Bertz CT molecular complexity index is 1650. The fourth-order valence-corrected chi connectivity index (χ4v) is 6.79. The summed E-state index contributed by atoms with van der Waals surface area (Å²) in [6.07, 6.45) is -0.611. The number of thioether (sulfide) groups is 1. The van der Waals surface area contributed by atoms with E-state index in [4.69, 9.17) is 14.2 Å². The fourth-order valence-electron chi connectivity index (χ4n) is 5.88. The Hall–Kier alpha value is -4.19. The van der Waals surface area contributed by atoms with Crippen molar-refractivity contribution in [2.75, 3.05) is 25.2 Å². The van der Waals surface area contributed by atoms with Crippen molar-refractivity contribution >= 4 is 23.8 Å². The maximum atomic E-state index is 12.8. The summed E-state index contributed by atoms with van der Waals surface area (Å²) >= 11 is 1.66. The average Bonchev–Trinajstić information content (AvgIpc) is 3.15. The van der Waals surface area contributed by atoms with Crippen LogP contribution in [0.4, 0.5) is 4.79 Å². The van der Waals surface area contributed by atoms with Gasteiger partial charge < -0.3 is 35.1 Å². The number of carbonyl (C=O) groups is 2. The second kappa shape index (κ2) is 18.0.